The minimum atomic E-state index is -1.80. The van der Waals surface area contributed by atoms with Crippen molar-refractivity contribution in [3.8, 4) is 5.75 Å². The highest BCUT2D eigenvalue weighted by atomic mass is 35.6. The summed E-state index contributed by atoms with van der Waals surface area (Å²) in [6.45, 7) is 1.40. The van der Waals surface area contributed by atoms with Gasteiger partial charge in [0.2, 0.25) is 9.70 Å². The maximum atomic E-state index is 12.7. The number of aliphatic hydroxyl groups excluding tert-OH is 1. The first-order chi connectivity index (χ1) is 17.5. The van der Waals surface area contributed by atoms with Gasteiger partial charge >= 0.3 is 5.97 Å². The third-order valence-corrected chi connectivity index (χ3v) is 5.90. The van der Waals surface area contributed by atoms with Crippen LogP contribution in [0, 0.1) is 5.92 Å². The van der Waals surface area contributed by atoms with Gasteiger partial charge in [-0.05, 0) is 35.8 Å². The van der Waals surface area contributed by atoms with E-state index in [0.717, 1.165) is 5.56 Å². The zero-order chi connectivity index (χ0) is 27.4. The van der Waals surface area contributed by atoms with E-state index >= 15 is 0 Å². The minimum Gasteiger partial charge on any atom is -0.495 e. The van der Waals surface area contributed by atoms with E-state index in [4.69, 9.17) is 55.9 Å². The summed E-state index contributed by atoms with van der Waals surface area (Å²) in [6, 6.07) is 13.6. The predicted molar refractivity (Wildman–Crippen MR) is 149 cm³/mol. The lowest BCUT2D eigenvalue weighted by Crippen LogP contribution is -2.43. The molecule has 200 valence electrons. The van der Waals surface area contributed by atoms with Crippen LogP contribution >= 0.6 is 46.4 Å². The normalized spacial score (nSPS) is 14.4. The van der Waals surface area contributed by atoms with Crippen LogP contribution in [0.5, 0.6) is 5.75 Å². The van der Waals surface area contributed by atoms with Gasteiger partial charge in [0, 0.05) is 12.3 Å². The summed E-state index contributed by atoms with van der Waals surface area (Å²) in [5, 5.41) is 13.4. The average Bonchev–Trinajstić information content (AvgIpc) is 2.85. The minimum absolute atomic E-state index is 0.0753. The van der Waals surface area contributed by atoms with Crippen molar-refractivity contribution in [3.05, 3.63) is 82.9 Å². The maximum Gasteiger partial charge on any atom is 0.329 e. The van der Waals surface area contributed by atoms with Gasteiger partial charge in [-0.2, -0.15) is 0 Å². The smallest absolute Gasteiger partial charge is 0.329 e. The Kier molecular flexibility index (Phi) is 12.8. The molecule has 2 rings (SSSR count). The highest BCUT2D eigenvalue weighted by Crippen LogP contribution is 2.27. The molecule has 2 N–H and O–H groups in total. The van der Waals surface area contributed by atoms with E-state index in [-0.39, 0.29) is 18.8 Å². The molecule has 3 atom stereocenters. The molecule has 0 spiro atoms. The summed E-state index contributed by atoms with van der Waals surface area (Å²) >= 11 is 23.2. The molecular formula is C27H29Cl4NO5. The third kappa shape index (κ3) is 11.8. The number of benzene rings is 2. The number of hydrogen-bond acceptors (Lipinski definition) is 5. The van der Waals surface area contributed by atoms with Gasteiger partial charge in [0.05, 0.1) is 18.2 Å². The highest BCUT2D eigenvalue weighted by Gasteiger charge is 2.27. The fourth-order valence-corrected chi connectivity index (χ4v) is 3.67. The van der Waals surface area contributed by atoms with Crippen LogP contribution in [0.15, 0.2) is 66.8 Å². The van der Waals surface area contributed by atoms with E-state index in [0.29, 0.717) is 16.3 Å². The number of carbonyl (C=O) groups excluding carboxylic acids is 2. The van der Waals surface area contributed by atoms with E-state index < -0.39 is 34.4 Å². The zero-order valence-corrected chi connectivity index (χ0v) is 23.4. The van der Waals surface area contributed by atoms with Crippen molar-refractivity contribution in [1.82, 2.24) is 5.32 Å². The maximum absolute atomic E-state index is 12.7. The summed E-state index contributed by atoms with van der Waals surface area (Å²) in [7, 11) is 1.49. The molecule has 37 heavy (non-hydrogen) atoms. The first kappa shape index (κ1) is 31.0. The molecule has 0 aliphatic carbocycles. The van der Waals surface area contributed by atoms with Crippen LogP contribution in [-0.2, 0) is 20.7 Å². The third-order valence-electron chi connectivity index (χ3n) is 5.28. The molecule has 0 aromatic heterocycles. The predicted octanol–water partition coefficient (Wildman–Crippen LogP) is 5.95. The number of carbonyl (C=O) groups is 2. The molecule has 0 aliphatic heterocycles. The molecular weight excluding hydrogens is 560 g/mol. The van der Waals surface area contributed by atoms with Crippen molar-refractivity contribution < 1.29 is 24.2 Å². The topological polar surface area (TPSA) is 84.9 Å². The molecule has 0 bridgehead atoms. The van der Waals surface area contributed by atoms with Gasteiger partial charge in [-0.3, -0.25) is 4.79 Å². The number of nitrogens with one attached hydrogen (secondary N) is 1. The van der Waals surface area contributed by atoms with Crippen molar-refractivity contribution in [2.24, 2.45) is 5.92 Å². The number of hydrogen-bond donors (Lipinski definition) is 2. The van der Waals surface area contributed by atoms with Gasteiger partial charge in [-0.1, -0.05) is 108 Å². The molecule has 6 nitrogen and oxygen atoms in total. The quantitative estimate of drug-likeness (QED) is 0.182. The van der Waals surface area contributed by atoms with E-state index in [1.165, 1.54) is 13.2 Å². The molecule has 0 saturated carbocycles. The number of halogens is 4. The summed E-state index contributed by atoms with van der Waals surface area (Å²) in [4.78, 5) is 25.2. The van der Waals surface area contributed by atoms with Crippen LogP contribution in [0.2, 0.25) is 5.02 Å². The first-order valence-electron chi connectivity index (χ1n) is 11.4. The van der Waals surface area contributed by atoms with Crippen molar-refractivity contribution in [1.29, 1.82) is 0 Å². The van der Waals surface area contributed by atoms with Crippen LogP contribution < -0.4 is 10.1 Å². The monoisotopic (exact) mass is 587 g/mol. The lowest BCUT2D eigenvalue weighted by atomic mass is 10.00. The van der Waals surface area contributed by atoms with Crippen LogP contribution in [-0.4, -0.2) is 46.6 Å². The molecule has 0 saturated heterocycles. The van der Waals surface area contributed by atoms with Gasteiger partial charge < -0.3 is 19.9 Å². The Morgan fingerprint density at radius 2 is 1.84 bits per heavy atom. The summed E-state index contributed by atoms with van der Waals surface area (Å²) in [5.41, 5.74) is 1.68. The highest BCUT2D eigenvalue weighted by molar-refractivity contribution is 6.67. The Labute approximate surface area is 237 Å². The van der Waals surface area contributed by atoms with Gasteiger partial charge in [0.15, 0.2) is 0 Å². The summed E-state index contributed by atoms with van der Waals surface area (Å²) in [6.07, 6.45) is 6.26. The molecule has 0 fully saturated rings. The van der Waals surface area contributed by atoms with Crippen molar-refractivity contribution >= 4 is 64.4 Å². The molecule has 0 radical (unpaired) electrons. The summed E-state index contributed by atoms with van der Waals surface area (Å²) < 4.78 is 8.42. The van der Waals surface area contributed by atoms with Gasteiger partial charge in [0.1, 0.15) is 18.4 Å². The average molecular weight is 589 g/mol. The Bertz CT molecular complexity index is 1090. The molecule has 1 amide bonds. The molecule has 0 unspecified atom stereocenters. The SMILES string of the molecule is COc1ccc(C[C@H](NC(=O)/C=C/C[C@H](O)[C@H](C)/C=C/c2ccccc2)C(=O)OCC(Cl)(Cl)Cl)cc1Cl. The van der Waals surface area contributed by atoms with Crippen LogP contribution in [0.4, 0.5) is 0 Å². The second kappa shape index (κ2) is 15.3. The molecule has 10 heteroatoms. The molecule has 0 heterocycles. The fourth-order valence-electron chi connectivity index (χ4n) is 3.22. The number of ether oxygens (including phenoxy) is 2. The summed E-state index contributed by atoms with van der Waals surface area (Å²) in [5.74, 6) is -0.994. The Hall–Kier alpha value is -2.22. The van der Waals surface area contributed by atoms with E-state index in [2.05, 4.69) is 5.32 Å². The van der Waals surface area contributed by atoms with E-state index in [1.807, 2.05) is 49.4 Å². The Balaban J connectivity index is 2.00. The van der Waals surface area contributed by atoms with Crippen molar-refractivity contribution in [2.75, 3.05) is 13.7 Å². The second-order valence-corrected chi connectivity index (χ2v) is 11.2. The van der Waals surface area contributed by atoms with Gasteiger partial charge in [-0.25, -0.2) is 4.79 Å². The van der Waals surface area contributed by atoms with Crippen LogP contribution in [0.1, 0.15) is 24.5 Å². The molecule has 0 aliphatic rings. The largest absolute Gasteiger partial charge is 0.495 e. The number of methoxy groups -OCH3 is 1. The fraction of sp³-hybridized carbons (Fsp3) is 0.333. The molecule has 2 aromatic rings. The van der Waals surface area contributed by atoms with Crippen molar-refractivity contribution in [3.63, 3.8) is 0 Å². The second-order valence-electron chi connectivity index (χ2n) is 8.29. The van der Waals surface area contributed by atoms with Crippen LogP contribution in [0.3, 0.4) is 0 Å². The van der Waals surface area contributed by atoms with E-state index in [9.17, 15) is 14.7 Å². The number of amides is 1. The standard InChI is InChI=1S/C27H29Cl4NO5/c1-18(11-12-19-7-4-3-5-8-19)23(33)9-6-10-25(34)32-22(26(35)37-17-27(29,30)31)16-20-13-14-24(36-2)21(28)15-20/h3-8,10-15,18,22-23,33H,9,16-17H2,1-2H3,(H,32,34)/b10-6+,12-11+/t18-,22+,23+/m1/s1. The lowest BCUT2D eigenvalue weighted by Gasteiger charge is -2.19. The lowest BCUT2D eigenvalue weighted by molar-refractivity contribution is -0.147. The van der Waals surface area contributed by atoms with Crippen molar-refractivity contribution in [2.45, 2.75) is 35.7 Å². The number of rotatable bonds is 12. The van der Waals surface area contributed by atoms with Gasteiger partial charge in [0.25, 0.3) is 0 Å². The Morgan fingerprint density at radius 1 is 1.14 bits per heavy atom. The molecule has 2 aromatic carbocycles. The number of aliphatic hydroxyl groups is 1. The first-order valence-corrected chi connectivity index (χ1v) is 12.9. The number of alkyl halides is 3. The number of esters is 1. The van der Waals surface area contributed by atoms with Crippen LogP contribution in [0.25, 0.3) is 6.08 Å². The zero-order valence-electron chi connectivity index (χ0n) is 20.4. The Morgan fingerprint density at radius 3 is 2.46 bits per heavy atom. The van der Waals surface area contributed by atoms with E-state index in [1.54, 1.807) is 24.3 Å². The van der Waals surface area contributed by atoms with Gasteiger partial charge in [-0.15, -0.1) is 0 Å².